The number of anilines is 1. The Hall–Kier alpha value is -2.48. The van der Waals surface area contributed by atoms with Crippen LogP contribution in [0.5, 0.6) is 0 Å². The molecular weight excluding hydrogens is 402 g/mol. The molecule has 1 aliphatic heterocycles. The summed E-state index contributed by atoms with van der Waals surface area (Å²) in [5.74, 6) is -0.684. The normalized spacial score (nSPS) is 26.2. The molecule has 0 bridgehead atoms. The molecule has 1 aromatic carbocycles. The van der Waals surface area contributed by atoms with Gasteiger partial charge in [-0.1, -0.05) is 26.0 Å². The Labute approximate surface area is 182 Å². The van der Waals surface area contributed by atoms with E-state index in [1.54, 1.807) is 0 Å². The van der Waals surface area contributed by atoms with Crippen molar-refractivity contribution in [3.05, 3.63) is 35.4 Å². The summed E-state index contributed by atoms with van der Waals surface area (Å²) < 4.78 is 5.01. The Balaban J connectivity index is 2.02. The molecule has 1 aromatic rings. The molecule has 2 rings (SSSR count). The van der Waals surface area contributed by atoms with Gasteiger partial charge in [0.15, 0.2) is 6.29 Å². The van der Waals surface area contributed by atoms with Crippen LogP contribution in [0.2, 0.25) is 0 Å². The average Bonchev–Trinajstić information content (AvgIpc) is 2.77. The molecular formula is C22H31N3O6. The molecule has 1 fully saturated rings. The van der Waals surface area contributed by atoms with Gasteiger partial charge in [0, 0.05) is 25.3 Å². The highest BCUT2D eigenvalue weighted by Crippen LogP contribution is 2.20. The van der Waals surface area contributed by atoms with Crippen LogP contribution in [0.25, 0.3) is 6.08 Å². The molecule has 1 unspecified atom stereocenters. The van der Waals surface area contributed by atoms with Crippen molar-refractivity contribution in [2.24, 2.45) is 0 Å². The van der Waals surface area contributed by atoms with Crippen LogP contribution < -0.4 is 10.2 Å². The van der Waals surface area contributed by atoms with E-state index in [0.717, 1.165) is 31.6 Å². The van der Waals surface area contributed by atoms with Gasteiger partial charge in [-0.15, -0.1) is 0 Å². The van der Waals surface area contributed by atoms with E-state index in [2.05, 4.69) is 24.1 Å². The minimum atomic E-state index is -1.69. The average molecular weight is 434 g/mol. The lowest BCUT2D eigenvalue weighted by Gasteiger charge is -2.38. The highest BCUT2D eigenvalue weighted by atomic mass is 16.6. The molecule has 0 spiro atoms. The van der Waals surface area contributed by atoms with E-state index in [0.29, 0.717) is 5.56 Å². The maximum Gasteiger partial charge on any atom is 0.262 e. The van der Waals surface area contributed by atoms with Crippen molar-refractivity contribution in [1.29, 1.82) is 5.26 Å². The first-order valence-electron chi connectivity index (χ1n) is 10.4. The van der Waals surface area contributed by atoms with E-state index in [1.807, 2.05) is 30.3 Å². The summed E-state index contributed by atoms with van der Waals surface area (Å²) in [5.41, 5.74) is 1.62. The van der Waals surface area contributed by atoms with Gasteiger partial charge in [-0.3, -0.25) is 4.79 Å². The fourth-order valence-corrected chi connectivity index (χ4v) is 3.39. The quantitative estimate of drug-likeness (QED) is 0.273. The Bertz CT molecular complexity index is 785. The monoisotopic (exact) mass is 433 g/mol. The second kappa shape index (κ2) is 11.8. The molecule has 0 saturated carbocycles. The smallest absolute Gasteiger partial charge is 0.262 e. The van der Waals surface area contributed by atoms with Crippen molar-refractivity contribution in [2.75, 3.05) is 24.5 Å². The number of aliphatic hydroxyl groups is 4. The van der Waals surface area contributed by atoms with Gasteiger partial charge >= 0.3 is 0 Å². The van der Waals surface area contributed by atoms with Crippen LogP contribution in [0.3, 0.4) is 0 Å². The van der Waals surface area contributed by atoms with E-state index >= 15 is 0 Å². The van der Waals surface area contributed by atoms with Gasteiger partial charge in [-0.05, 0) is 36.6 Å². The summed E-state index contributed by atoms with van der Waals surface area (Å²) in [5, 5.41) is 50.5. The number of nitrogens with zero attached hydrogens (tertiary/aromatic N) is 2. The van der Waals surface area contributed by atoms with Crippen LogP contribution >= 0.6 is 0 Å². The van der Waals surface area contributed by atoms with Crippen LogP contribution in [0.15, 0.2) is 29.8 Å². The summed E-state index contributed by atoms with van der Waals surface area (Å²) in [6.45, 7) is 5.88. The maximum atomic E-state index is 12.4. The first-order chi connectivity index (χ1) is 14.8. The molecule has 0 aliphatic carbocycles. The van der Waals surface area contributed by atoms with Gasteiger partial charge in [0.05, 0.1) is 0 Å². The lowest BCUT2D eigenvalue weighted by atomic mass is 9.99. The van der Waals surface area contributed by atoms with Gasteiger partial charge in [0.2, 0.25) is 0 Å². The number of hydrogen-bond donors (Lipinski definition) is 5. The molecule has 170 valence electrons. The zero-order chi connectivity index (χ0) is 23.0. The van der Waals surface area contributed by atoms with E-state index in [9.17, 15) is 30.5 Å². The highest BCUT2D eigenvalue weighted by molar-refractivity contribution is 6.01. The first-order valence-corrected chi connectivity index (χ1v) is 10.4. The summed E-state index contributed by atoms with van der Waals surface area (Å²) >= 11 is 0. The third-order valence-corrected chi connectivity index (χ3v) is 5.07. The molecule has 9 heteroatoms. The molecule has 1 heterocycles. The minimum absolute atomic E-state index is 0.141. The fourth-order valence-electron chi connectivity index (χ4n) is 3.39. The van der Waals surface area contributed by atoms with Crippen LogP contribution in [0, 0.1) is 11.3 Å². The van der Waals surface area contributed by atoms with Crippen LogP contribution in [0.4, 0.5) is 5.69 Å². The number of ether oxygens (including phenoxy) is 1. The third kappa shape index (κ3) is 6.50. The van der Waals surface area contributed by atoms with Crippen LogP contribution in [-0.2, 0) is 9.53 Å². The van der Waals surface area contributed by atoms with Crippen molar-refractivity contribution < 1.29 is 30.0 Å². The first kappa shape index (κ1) is 24.8. The van der Waals surface area contributed by atoms with Gasteiger partial charge in [0.1, 0.15) is 36.1 Å². The molecule has 31 heavy (non-hydrogen) atoms. The van der Waals surface area contributed by atoms with Gasteiger partial charge in [-0.2, -0.15) is 5.26 Å². The summed E-state index contributed by atoms with van der Waals surface area (Å²) in [6, 6.07) is 9.41. The van der Waals surface area contributed by atoms with E-state index in [1.165, 1.54) is 6.08 Å². The zero-order valence-corrected chi connectivity index (χ0v) is 17.8. The predicted molar refractivity (Wildman–Crippen MR) is 115 cm³/mol. The lowest BCUT2D eigenvalue weighted by molar-refractivity contribution is -0.280. The van der Waals surface area contributed by atoms with Gasteiger partial charge in [0.25, 0.3) is 5.91 Å². The largest absolute Gasteiger partial charge is 0.388 e. The highest BCUT2D eigenvalue weighted by Gasteiger charge is 2.42. The molecule has 5 N–H and O–H groups in total. The molecule has 0 aromatic heterocycles. The number of aliphatic hydroxyl groups excluding tert-OH is 4. The number of hydrogen-bond acceptors (Lipinski definition) is 8. The second-order valence-electron chi connectivity index (χ2n) is 7.50. The van der Waals surface area contributed by atoms with E-state index in [-0.39, 0.29) is 12.1 Å². The summed E-state index contributed by atoms with van der Waals surface area (Å²) in [6.07, 6.45) is -4.08. The Kier molecular flexibility index (Phi) is 9.43. The predicted octanol–water partition coefficient (Wildman–Crippen LogP) is 0.136. The van der Waals surface area contributed by atoms with Gasteiger partial charge in [-0.25, -0.2) is 0 Å². The maximum absolute atomic E-state index is 12.4. The lowest BCUT2D eigenvalue weighted by Crippen LogP contribution is -2.60. The van der Waals surface area contributed by atoms with Crippen molar-refractivity contribution in [3.63, 3.8) is 0 Å². The fraction of sp³-hybridized carbons (Fsp3) is 0.545. The zero-order valence-electron chi connectivity index (χ0n) is 17.8. The summed E-state index contributed by atoms with van der Waals surface area (Å²) in [7, 11) is 0. The number of amides is 1. The van der Waals surface area contributed by atoms with Crippen LogP contribution in [0.1, 0.15) is 32.3 Å². The number of carbonyl (C=O) groups is 1. The number of rotatable bonds is 9. The van der Waals surface area contributed by atoms with E-state index in [4.69, 9.17) is 4.74 Å². The topological polar surface area (TPSA) is 146 Å². The number of nitriles is 1. The minimum Gasteiger partial charge on any atom is -0.388 e. The molecule has 1 amide bonds. The number of nitrogens with one attached hydrogen (secondary N) is 1. The van der Waals surface area contributed by atoms with Crippen molar-refractivity contribution in [3.8, 4) is 6.07 Å². The molecule has 9 nitrogen and oxygen atoms in total. The molecule has 5 atom stereocenters. The SMILES string of the molecule is CCCN(CCC)c1ccc(/C=C(\C#N)C(=O)NC[C@H]2OC(O)[C@H](O)[C@@H](O)[C@@H]2O)cc1. The summed E-state index contributed by atoms with van der Waals surface area (Å²) in [4.78, 5) is 14.7. The van der Waals surface area contributed by atoms with Crippen LogP contribution in [-0.4, -0.2) is 76.7 Å². The van der Waals surface area contributed by atoms with Crippen molar-refractivity contribution in [2.45, 2.75) is 57.4 Å². The Morgan fingerprint density at radius 2 is 1.71 bits per heavy atom. The molecule has 0 radical (unpaired) electrons. The standard InChI is InChI=1S/C22H31N3O6/c1-3-9-25(10-4-2)16-7-5-14(6-8-16)11-15(12-23)21(29)24-13-17-18(26)19(27)20(28)22(30)31-17/h5-8,11,17-20,22,26-28,30H,3-4,9-10,13H2,1-2H3,(H,24,29)/b15-11+/t17-,18-,19+,20-,22?/m1/s1. The second-order valence-corrected chi connectivity index (χ2v) is 7.50. The van der Waals surface area contributed by atoms with E-state index < -0.39 is 36.6 Å². The Morgan fingerprint density at radius 3 is 2.26 bits per heavy atom. The number of benzene rings is 1. The van der Waals surface area contributed by atoms with Crippen molar-refractivity contribution in [1.82, 2.24) is 5.32 Å². The van der Waals surface area contributed by atoms with Gasteiger partial charge < -0.3 is 35.4 Å². The molecule has 1 saturated heterocycles. The Morgan fingerprint density at radius 1 is 1.10 bits per heavy atom. The number of carbonyl (C=O) groups excluding carboxylic acids is 1. The van der Waals surface area contributed by atoms with Crippen molar-refractivity contribution >= 4 is 17.7 Å². The molecule has 1 aliphatic rings. The third-order valence-electron chi connectivity index (χ3n) is 5.07.